The van der Waals surface area contributed by atoms with E-state index in [1.54, 1.807) is 4.57 Å². The van der Waals surface area contributed by atoms with Gasteiger partial charge in [0.2, 0.25) is 5.69 Å². The van der Waals surface area contributed by atoms with Crippen LogP contribution in [-0.4, -0.2) is 0 Å². The van der Waals surface area contributed by atoms with Crippen molar-refractivity contribution in [2.75, 3.05) is 0 Å². The lowest BCUT2D eigenvalue weighted by Gasteiger charge is -2.34. The van der Waals surface area contributed by atoms with Crippen molar-refractivity contribution in [2.24, 2.45) is 12.5 Å². The Bertz CT molecular complexity index is 1140. The fourth-order valence-corrected chi connectivity index (χ4v) is 4.49. The topological polar surface area (TPSA) is 3.88 Å². The molecule has 1 heterocycles. The molecule has 1 saturated carbocycles. The Morgan fingerprint density at radius 3 is 2.56 bits per heavy atom. The standard InChI is InChI=1S/C26H32N/c1-18-7-6-8-23(19(18)2)25-24-10-9-21(17-22(24)13-16-27(25)5)20-11-14-26(3,4)15-12-20/h6-10,13,16-17,20H,11-12,14-15H2,1-5H3/q+1/i6D,13D,16D. The summed E-state index contributed by atoms with van der Waals surface area (Å²) < 4.78 is 27.2. The first-order chi connectivity index (χ1) is 14.1. The van der Waals surface area contributed by atoms with Crippen molar-refractivity contribution in [1.29, 1.82) is 0 Å². The highest BCUT2D eigenvalue weighted by Gasteiger charge is 2.28. The van der Waals surface area contributed by atoms with Gasteiger partial charge >= 0.3 is 0 Å². The van der Waals surface area contributed by atoms with E-state index in [0.717, 1.165) is 33.2 Å². The molecule has 1 aliphatic carbocycles. The van der Waals surface area contributed by atoms with Gasteiger partial charge in [-0.15, -0.1) is 0 Å². The van der Waals surface area contributed by atoms with E-state index in [-0.39, 0.29) is 12.2 Å². The van der Waals surface area contributed by atoms with Crippen molar-refractivity contribution in [2.45, 2.75) is 59.3 Å². The molecule has 0 spiro atoms. The Balaban J connectivity index is 1.91. The fourth-order valence-electron chi connectivity index (χ4n) is 4.49. The molecule has 140 valence electrons. The molecule has 0 bridgehead atoms. The number of nitrogens with zero attached hydrogens (tertiary/aromatic N) is 1. The normalized spacial score (nSPS) is 18.9. The first kappa shape index (κ1) is 14.9. The molecule has 3 aromatic rings. The van der Waals surface area contributed by atoms with E-state index < -0.39 is 0 Å². The summed E-state index contributed by atoms with van der Waals surface area (Å²) in [5.74, 6) is 0.536. The van der Waals surface area contributed by atoms with Gasteiger partial charge in [-0.3, -0.25) is 0 Å². The van der Waals surface area contributed by atoms with E-state index in [1.807, 2.05) is 26.1 Å². The van der Waals surface area contributed by atoms with Gasteiger partial charge in [0.05, 0.1) is 8.13 Å². The molecule has 4 rings (SSSR count). The lowest BCUT2D eigenvalue weighted by atomic mass is 9.71. The second kappa shape index (κ2) is 6.78. The molecule has 1 aromatic heterocycles. The summed E-state index contributed by atoms with van der Waals surface area (Å²) >= 11 is 0. The van der Waals surface area contributed by atoms with Crippen LogP contribution in [0.3, 0.4) is 0 Å². The quantitative estimate of drug-likeness (QED) is 0.451. The van der Waals surface area contributed by atoms with Gasteiger partial charge in [-0.25, -0.2) is 4.57 Å². The van der Waals surface area contributed by atoms with Gasteiger partial charge in [0.15, 0.2) is 6.17 Å². The molecule has 0 unspecified atom stereocenters. The Morgan fingerprint density at radius 1 is 1.07 bits per heavy atom. The summed E-state index contributed by atoms with van der Waals surface area (Å²) in [6.45, 7) is 8.82. The van der Waals surface area contributed by atoms with Gasteiger partial charge in [-0.05, 0) is 85.1 Å². The summed E-state index contributed by atoms with van der Waals surface area (Å²) in [5, 5.41) is 1.84. The van der Waals surface area contributed by atoms with Crippen molar-refractivity contribution >= 4 is 10.8 Å². The monoisotopic (exact) mass is 361 g/mol. The van der Waals surface area contributed by atoms with Crippen LogP contribution in [0.2, 0.25) is 0 Å². The van der Waals surface area contributed by atoms with E-state index in [4.69, 9.17) is 4.11 Å². The number of benzene rings is 2. The molecule has 0 amide bonds. The molecular formula is C26H32N+. The van der Waals surface area contributed by atoms with Crippen LogP contribution in [0.5, 0.6) is 0 Å². The van der Waals surface area contributed by atoms with Gasteiger partial charge in [0.1, 0.15) is 8.42 Å². The smallest absolute Gasteiger partial charge is 0.200 e. The SMILES string of the molecule is [2H]c1cc(C)c(C)c(-c2c3ccc(C4CCC(C)(C)CC4)cc3c([2H])c([2H])[n+]2C)c1. The molecular weight excluding hydrogens is 326 g/mol. The highest BCUT2D eigenvalue weighted by molar-refractivity contribution is 5.94. The highest BCUT2D eigenvalue weighted by Crippen LogP contribution is 2.43. The first-order valence-electron chi connectivity index (χ1n) is 11.6. The maximum Gasteiger partial charge on any atom is 0.220 e. The van der Waals surface area contributed by atoms with Crippen LogP contribution in [0, 0.1) is 19.3 Å². The van der Waals surface area contributed by atoms with Crippen LogP contribution in [0.1, 0.15) is 66.3 Å². The van der Waals surface area contributed by atoms with Crippen molar-refractivity contribution < 1.29 is 8.68 Å². The fraction of sp³-hybridized carbons (Fsp3) is 0.423. The number of fused-ring (bicyclic) bond motifs is 1. The van der Waals surface area contributed by atoms with Crippen LogP contribution < -0.4 is 4.57 Å². The average Bonchev–Trinajstić information content (AvgIpc) is 2.70. The van der Waals surface area contributed by atoms with Gasteiger partial charge < -0.3 is 0 Å². The zero-order valence-corrected chi connectivity index (χ0v) is 17.2. The van der Waals surface area contributed by atoms with Gasteiger partial charge in [-0.2, -0.15) is 0 Å². The number of hydrogen-bond donors (Lipinski definition) is 0. The number of aryl methyl sites for hydroxylation is 1. The molecule has 2 aromatic carbocycles. The first-order valence-corrected chi connectivity index (χ1v) is 10.1. The van der Waals surface area contributed by atoms with Gasteiger partial charge in [0, 0.05) is 11.6 Å². The summed E-state index contributed by atoms with van der Waals surface area (Å²) in [6, 6.07) is 11.1. The third-order valence-electron chi connectivity index (χ3n) is 6.58. The number of aromatic nitrogens is 1. The summed E-state index contributed by atoms with van der Waals surface area (Å²) in [5.41, 5.74) is 5.84. The van der Waals surface area contributed by atoms with Crippen LogP contribution in [0.4, 0.5) is 0 Å². The Labute approximate surface area is 168 Å². The molecule has 0 saturated heterocycles. The van der Waals surface area contributed by atoms with E-state index in [1.165, 1.54) is 31.2 Å². The van der Waals surface area contributed by atoms with E-state index in [2.05, 4.69) is 39.0 Å². The van der Waals surface area contributed by atoms with Crippen LogP contribution in [-0.2, 0) is 7.05 Å². The van der Waals surface area contributed by atoms with Crippen molar-refractivity contribution in [1.82, 2.24) is 0 Å². The predicted molar refractivity (Wildman–Crippen MR) is 115 cm³/mol. The molecule has 1 nitrogen and oxygen atoms in total. The molecule has 0 atom stereocenters. The minimum Gasteiger partial charge on any atom is -0.200 e. The zero-order chi connectivity index (χ0) is 21.8. The Kier molecular flexibility index (Phi) is 3.73. The number of pyridine rings is 1. The van der Waals surface area contributed by atoms with Crippen LogP contribution in [0.15, 0.2) is 48.6 Å². The minimum atomic E-state index is 0.215. The lowest BCUT2D eigenvalue weighted by Crippen LogP contribution is -2.30. The number of rotatable bonds is 2. The largest absolute Gasteiger partial charge is 0.220 e. The summed E-state index contributed by atoms with van der Waals surface area (Å²) in [4.78, 5) is 0. The third-order valence-corrected chi connectivity index (χ3v) is 6.58. The molecule has 27 heavy (non-hydrogen) atoms. The second-order valence-corrected chi connectivity index (χ2v) is 9.06. The predicted octanol–water partition coefficient (Wildman–Crippen LogP) is 6.63. The van der Waals surface area contributed by atoms with Crippen molar-refractivity contribution in [3.05, 3.63) is 65.3 Å². The molecule has 1 aliphatic rings. The van der Waals surface area contributed by atoms with E-state index in [9.17, 15) is 0 Å². The summed E-state index contributed by atoms with van der Waals surface area (Å²) in [6.07, 6.45) is 5.05. The molecule has 1 fully saturated rings. The minimum absolute atomic E-state index is 0.215. The highest BCUT2D eigenvalue weighted by atomic mass is 14.9. The average molecular weight is 362 g/mol. The third kappa shape index (κ3) is 3.40. The van der Waals surface area contributed by atoms with Gasteiger partial charge in [0.25, 0.3) is 0 Å². The Morgan fingerprint density at radius 2 is 1.81 bits per heavy atom. The van der Waals surface area contributed by atoms with Crippen molar-refractivity contribution in [3.8, 4) is 11.3 Å². The van der Waals surface area contributed by atoms with Crippen molar-refractivity contribution in [3.63, 3.8) is 0 Å². The van der Waals surface area contributed by atoms with E-state index >= 15 is 0 Å². The molecule has 0 N–H and O–H groups in total. The zero-order valence-electron chi connectivity index (χ0n) is 20.2. The van der Waals surface area contributed by atoms with Crippen LogP contribution in [0.25, 0.3) is 22.0 Å². The number of hydrogen-bond acceptors (Lipinski definition) is 0. The maximum atomic E-state index is 8.65. The lowest BCUT2D eigenvalue weighted by molar-refractivity contribution is -0.659. The maximum absolute atomic E-state index is 8.65. The van der Waals surface area contributed by atoms with E-state index in [0.29, 0.717) is 17.4 Å². The second-order valence-electron chi connectivity index (χ2n) is 9.06. The van der Waals surface area contributed by atoms with Gasteiger partial charge in [-0.1, -0.05) is 38.1 Å². The molecule has 0 radical (unpaired) electrons. The molecule has 0 aliphatic heterocycles. The Hall–Kier alpha value is -2.15. The summed E-state index contributed by atoms with van der Waals surface area (Å²) in [7, 11) is 1.86. The molecule has 1 heteroatoms. The van der Waals surface area contributed by atoms with Crippen LogP contribution >= 0.6 is 0 Å².